The minimum atomic E-state index is -0.231. The van der Waals surface area contributed by atoms with Crippen LogP contribution in [0.15, 0.2) is 59.3 Å². The highest BCUT2D eigenvalue weighted by molar-refractivity contribution is 6.04. The fraction of sp³-hybridized carbons (Fsp3) is 0.158. The zero-order valence-corrected chi connectivity index (χ0v) is 13.9. The van der Waals surface area contributed by atoms with Crippen LogP contribution in [-0.4, -0.2) is 24.1 Å². The van der Waals surface area contributed by atoms with E-state index in [0.717, 1.165) is 5.76 Å². The zero-order chi connectivity index (χ0) is 17.8. The van der Waals surface area contributed by atoms with Gasteiger partial charge in [-0.05, 0) is 36.4 Å². The largest absolute Gasteiger partial charge is 0.486 e. The van der Waals surface area contributed by atoms with Gasteiger partial charge in [0.05, 0.1) is 12.8 Å². The van der Waals surface area contributed by atoms with Crippen molar-refractivity contribution >= 4 is 17.4 Å². The maximum atomic E-state index is 12.5. The van der Waals surface area contributed by atoms with Crippen molar-refractivity contribution in [3.63, 3.8) is 0 Å². The van der Waals surface area contributed by atoms with Crippen molar-refractivity contribution in [1.29, 1.82) is 0 Å². The predicted molar refractivity (Wildman–Crippen MR) is 95.7 cm³/mol. The summed E-state index contributed by atoms with van der Waals surface area (Å²) in [6, 6.07) is 12.4. The van der Waals surface area contributed by atoms with Crippen LogP contribution in [0, 0.1) is 0 Å². The van der Waals surface area contributed by atoms with Gasteiger partial charge in [-0.1, -0.05) is 0 Å². The molecule has 2 aromatic heterocycles. The molecule has 0 bridgehead atoms. The Bertz CT molecular complexity index is 909. The number of fused-ring (bicyclic) bond motifs is 1. The lowest BCUT2D eigenvalue weighted by Gasteiger charge is -2.19. The number of nitrogens with zero attached hydrogens (tertiary/aromatic N) is 1. The van der Waals surface area contributed by atoms with E-state index < -0.39 is 0 Å². The SMILES string of the molecule is O=C(Nc1ccc2c(c1)OCCO2)c1ccnc(NCc2ccco2)c1. The van der Waals surface area contributed by atoms with Gasteiger partial charge in [0.2, 0.25) is 0 Å². The van der Waals surface area contributed by atoms with Gasteiger partial charge in [-0.25, -0.2) is 4.98 Å². The smallest absolute Gasteiger partial charge is 0.255 e. The van der Waals surface area contributed by atoms with Crippen LogP contribution in [0.5, 0.6) is 11.5 Å². The molecule has 0 atom stereocenters. The molecule has 0 saturated carbocycles. The molecule has 1 amide bonds. The normalized spacial score (nSPS) is 12.5. The number of rotatable bonds is 5. The third kappa shape index (κ3) is 3.61. The molecule has 0 saturated heterocycles. The van der Waals surface area contributed by atoms with Crippen molar-refractivity contribution in [2.45, 2.75) is 6.54 Å². The summed E-state index contributed by atoms with van der Waals surface area (Å²) in [6.07, 6.45) is 3.20. The van der Waals surface area contributed by atoms with Crippen LogP contribution >= 0.6 is 0 Å². The maximum absolute atomic E-state index is 12.5. The highest BCUT2D eigenvalue weighted by atomic mass is 16.6. The number of anilines is 2. The first kappa shape index (κ1) is 16.0. The van der Waals surface area contributed by atoms with Crippen molar-refractivity contribution in [3.05, 3.63) is 66.2 Å². The number of ether oxygens (including phenoxy) is 2. The summed E-state index contributed by atoms with van der Waals surface area (Å²) in [6.45, 7) is 1.52. The van der Waals surface area contributed by atoms with Gasteiger partial charge < -0.3 is 24.5 Å². The van der Waals surface area contributed by atoms with Gasteiger partial charge in [-0.3, -0.25) is 4.79 Å². The molecule has 2 N–H and O–H groups in total. The first-order valence-electron chi connectivity index (χ1n) is 8.21. The Hall–Kier alpha value is -3.48. The predicted octanol–water partition coefficient (Wildman–Crippen LogP) is 3.31. The molecule has 0 spiro atoms. The van der Waals surface area contributed by atoms with Crippen LogP contribution in [0.1, 0.15) is 16.1 Å². The van der Waals surface area contributed by atoms with Crippen LogP contribution in [0.2, 0.25) is 0 Å². The minimum Gasteiger partial charge on any atom is -0.486 e. The fourth-order valence-electron chi connectivity index (χ4n) is 2.58. The van der Waals surface area contributed by atoms with E-state index in [1.807, 2.05) is 12.1 Å². The van der Waals surface area contributed by atoms with E-state index in [1.165, 1.54) is 0 Å². The number of furan rings is 1. The average molecular weight is 351 g/mol. The molecule has 1 aliphatic rings. The second-order valence-corrected chi connectivity index (χ2v) is 5.68. The Morgan fingerprint density at radius 1 is 1.08 bits per heavy atom. The van der Waals surface area contributed by atoms with Crippen molar-refractivity contribution in [3.8, 4) is 11.5 Å². The van der Waals surface area contributed by atoms with Crippen LogP contribution in [-0.2, 0) is 6.54 Å². The fourth-order valence-corrected chi connectivity index (χ4v) is 2.58. The second-order valence-electron chi connectivity index (χ2n) is 5.68. The molecule has 1 aliphatic heterocycles. The summed E-state index contributed by atoms with van der Waals surface area (Å²) in [5.41, 5.74) is 1.14. The number of pyridine rings is 1. The number of benzene rings is 1. The average Bonchev–Trinajstić information content (AvgIpc) is 3.20. The van der Waals surface area contributed by atoms with Crippen LogP contribution in [0.25, 0.3) is 0 Å². The molecule has 0 unspecified atom stereocenters. The van der Waals surface area contributed by atoms with Crippen molar-refractivity contribution in [2.24, 2.45) is 0 Å². The van der Waals surface area contributed by atoms with Crippen molar-refractivity contribution in [2.75, 3.05) is 23.8 Å². The van der Waals surface area contributed by atoms with Crippen LogP contribution < -0.4 is 20.1 Å². The lowest BCUT2D eigenvalue weighted by molar-refractivity contribution is 0.102. The van der Waals surface area contributed by atoms with Gasteiger partial charge in [0.15, 0.2) is 11.5 Å². The lowest BCUT2D eigenvalue weighted by atomic mass is 10.2. The number of hydrogen-bond donors (Lipinski definition) is 2. The van der Waals surface area contributed by atoms with Crippen molar-refractivity contribution in [1.82, 2.24) is 4.98 Å². The first-order chi connectivity index (χ1) is 12.8. The molecular weight excluding hydrogens is 334 g/mol. The molecule has 3 aromatic rings. The van der Waals surface area contributed by atoms with Gasteiger partial charge in [0.1, 0.15) is 24.8 Å². The molecular formula is C19H17N3O4. The molecule has 0 fully saturated rings. The van der Waals surface area contributed by atoms with E-state index in [1.54, 1.807) is 42.8 Å². The lowest BCUT2D eigenvalue weighted by Crippen LogP contribution is -2.16. The molecule has 0 aliphatic carbocycles. The first-order valence-corrected chi connectivity index (χ1v) is 8.21. The summed E-state index contributed by atoms with van der Waals surface area (Å²) < 4.78 is 16.3. The van der Waals surface area contributed by atoms with Crippen LogP contribution in [0.3, 0.4) is 0 Å². The Morgan fingerprint density at radius 3 is 2.81 bits per heavy atom. The summed E-state index contributed by atoms with van der Waals surface area (Å²) in [5, 5.41) is 5.98. The molecule has 132 valence electrons. The Kier molecular flexibility index (Phi) is 4.42. The Morgan fingerprint density at radius 2 is 1.96 bits per heavy atom. The number of carbonyl (C=O) groups is 1. The number of aromatic nitrogens is 1. The van der Waals surface area contributed by atoms with E-state index in [-0.39, 0.29) is 5.91 Å². The van der Waals surface area contributed by atoms with Gasteiger partial charge in [-0.15, -0.1) is 0 Å². The van der Waals surface area contributed by atoms with Crippen molar-refractivity contribution < 1.29 is 18.7 Å². The summed E-state index contributed by atoms with van der Waals surface area (Å²) in [4.78, 5) is 16.7. The number of hydrogen-bond acceptors (Lipinski definition) is 6. The highest BCUT2D eigenvalue weighted by Crippen LogP contribution is 2.32. The second kappa shape index (κ2) is 7.18. The van der Waals surface area contributed by atoms with E-state index in [4.69, 9.17) is 13.9 Å². The molecule has 7 heteroatoms. The maximum Gasteiger partial charge on any atom is 0.255 e. The summed E-state index contributed by atoms with van der Waals surface area (Å²) >= 11 is 0. The van der Waals surface area contributed by atoms with E-state index in [0.29, 0.717) is 48.3 Å². The zero-order valence-electron chi connectivity index (χ0n) is 13.9. The van der Waals surface area contributed by atoms with Gasteiger partial charge in [0, 0.05) is 23.5 Å². The minimum absolute atomic E-state index is 0.231. The quantitative estimate of drug-likeness (QED) is 0.733. The molecule has 26 heavy (non-hydrogen) atoms. The molecule has 0 radical (unpaired) electrons. The Labute approximate surface area is 150 Å². The summed E-state index contributed by atoms with van der Waals surface area (Å²) in [7, 11) is 0. The summed E-state index contributed by atoms with van der Waals surface area (Å²) in [5.74, 6) is 2.46. The Balaban J connectivity index is 1.43. The van der Waals surface area contributed by atoms with Gasteiger partial charge in [0.25, 0.3) is 5.91 Å². The number of carbonyl (C=O) groups excluding carboxylic acids is 1. The molecule has 4 rings (SSSR count). The molecule has 7 nitrogen and oxygen atoms in total. The monoisotopic (exact) mass is 351 g/mol. The standard InChI is InChI=1S/C19H17N3O4/c23-19(22-14-3-4-16-17(11-14)26-9-8-25-16)13-5-6-20-18(10-13)21-12-15-2-1-7-24-15/h1-7,10-11H,8-9,12H2,(H,20,21)(H,22,23). The van der Waals surface area contributed by atoms with E-state index in [9.17, 15) is 4.79 Å². The topological polar surface area (TPSA) is 85.6 Å². The third-order valence-corrected chi connectivity index (χ3v) is 3.85. The van der Waals surface area contributed by atoms with E-state index in [2.05, 4.69) is 15.6 Å². The van der Waals surface area contributed by atoms with Gasteiger partial charge in [-0.2, -0.15) is 0 Å². The van der Waals surface area contributed by atoms with E-state index >= 15 is 0 Å². The number of nitrogens with one attached hydrogen (secondary N) is 2. The van der Waals surface area contributed by atoms with Gasteiger partial charge >= 0.3 is 0 Å². The number of amides is 1. The van der Waals surface area contributed by atoms with Crippen LogP contribution in [0.4, 0.5) is 11.5 Å². The third-order valence-electron chi connectivity index (χ3n) is 3.85. The highest BCUT2D eigenvalue weighted by Gasteiger charge is 2.14. The molecule has 3 heterocycles. The molecule has 1 aromatic carbocycles.